The predicted octanol–water partition coefficient (Wildman–Crippen LogP) is 3.02. The average molecular weight is 328 g/mol. The zero-order valence-corrected chi connectivity index (χ0v) is 13.5. The van der Waals surface area contributed by atoms with Gasteiger partial charge in [-0.3, -0.25) is 14.4 Å². The number of ketones is 1. The first-order chi connectivity index (χ1) is 8.99. The van der Waals surface area contributed by atoms with Crippen molar-refractivity contribution >= 4 is 21.7 Å². The molecule has 1 aliphatic carbocycles. The Bertz CT molecular complexity index is 440. The maximum atomic E-state index is 13.1. The van der Waals surface area contributed by atoms with Crippen molar-refractivity contribution in [3.8, 4) is 0 Å². The van der Waals surface area contributed by atoms with Crippen LogP contribution in [0.15, 0.2) is 10.7 Å². The lowest BCUT2D eigenvalue weighted by Gasteiger charge is -2.38. The zero-order chi connectivity index (χ0) is 14.0. The first-order valence-corrected chi connectivity index (χ1v) is 7.68. The summed E-state index contributed by atoms with van der Waals surface area (Å²) in [5, 5.41) is 4.18. The molecule has 0 bridgehead atoms. The number of likely N-dealkylation sites (N-methyl/N-ethyl adjacent to an activating group) is 1. The number of aromatic nitrogens is 2. The minimum atomic E-state index is -0.368. The Morgan fingerprint density at radius 1 is 1.32 bits per heavy atom. The third-order valence-electron chi connectivity index (χ3n) is 4.32. The Morgan fingerprint density at radius 3 is 2.32 bits per heavy atom. The van der Waals surface area contributed by atoms with Gasteiger partial charge in [0, 0.05) is 7.05 Å². The fourth-order valence-electron chi connectivity index (χ4n) is 3.08. The van der Waals surface area contributed by atoms with Gasteiger partial charge in [-0.2, -0.15) is 5.10 Å². The number of Topliss-reactive ketones (excluding diaryl/α,β-unsaturated/α-hetero) is 1. The molecule has 0 spiro atoms. The van der Waals surface area contributed by atoms with Gasteiger partial charge < -0.3 is 0 Å². The fraction of sp³-hybridized carbons (Fsp3) is 0.714. The summed E-state index contributed by atoms with van der Waals surface area (Å²) in [6.45, 7) is 0. The van der Waals surface area contributed by atoms with Gasteiger partial charge in [-0.15, -0.1) is 0 Å². The number of nitrogens with zero attached hydrogens (tertiary/aromatic N) is 3. The van der Waals surface area contributed by atoms with Gasteiger partial charge in [-0.1, -0.05) is 25.7 Å². The number of hydrogen-bond acceptors (Lipinski definition) is 3. The molecule has 1 heterocycles. The highest BCUT2D eigenvalue weighted by Gasteiger charge is 2.42. The van der Waals surface area contributed by atoms with E-state index in [1.54, 1.807) is 10.9 Å². The monoisotopic (exact) mass is 327 g/mol. The molecule has 1 aromatic rings. The van der Waals surface area contributed by atoms with E-state index in [9.17, 15) is 4.79 Å². The number of rotatable bonds is 3. The van der Waals surface area contributed by atoms with Crippen LogP contribution in [0.2, 0.25) is 0 Å². The molecule has 2 rings (SSSR count). The lowest BCUT2D eigenvalue weighted by molar-refractivity contribution is 0.0623. The Morgan fingerprint density at radius 2 is 1.89 bits per heavy atom. The molecule has 5 heteroatoms. The zero-order valence-electron chi connectivity index (χ0n) is 11.9. The molecule has 106 valence electrons. The summed E-state index contributed by atoms with van der Waals surface area (Å²) in [7, 11) is 5.87. The van der Waals surface area contributed by atoms with Gasteiger partial charge >= 0.3 is 0 Å². The minimum absolute atomic E-state index is 0.200. The molecule has 0 amide bonds. The molecule has 0 aliphatic heterocycles. The molecule has 0 N–H and O–H groups in total. The first-order valence-electron chi connectivity index (χ1n) is 6.89. The van der Waals surface area contributed by atoms with E-state index >= 15 is 0 Å². The molecular weight excluding hydrogens is 306 g/mol. The highest BCUT2D eigenvalue weighted by molar-refractivity contribution is 9.10. The molecule has 0 radical (unpaired) electrons. The molecular formula is C14H22BrN3O. The minimum Gasteiger partial charge on any atom is -0.297 e. The van der Waals surface area contributed by atoms with Crippen molar-refractivity contribution in [3.05, 3.63) is 16.4 Å². The number of carbonyl (C=O) groups excluding carboxylic acids is 1. The third-order valence-corrected chi connectivity index (χ3v) is 4.90. The highest BCUT2D eigenvalue weighted by Crippen LogP contribution is 2.35. The van der Waals surface area contributed by atoms with E-state index in [2.05, 4.69) is 25.9 Å². The molecule has 0 atom stereocenters. The lowest BCUT2D eigenvalue weighted by Crippen LogP contribution is -2.51. The normalized spacial score (nSPS) is 19.4. The molecule has 0 saturated heterocycles. The summed E-state index contributed by atoms with van der Waals surface area (Å²) >= 11 is 3.45. The third kappa shape index (κ3) is 2.63. The van der Waals surface area contributed by atoms with Crippen molar-refractivity contribution in [3.63, 3.8) is 0 Å². The van der Waals surface area contributed by atoms with Crippen LogP contribution in [-0.4, -0.2) is 40.1 Å². The van der Waals surface area contributed by atoms with Crippen LogP contribution in [0.4, 0.5) is 0 Å². The van der Waals surface area contributed by atoms with Crippen molar-refractivity contribution < 1.29 is 4.79 Å². The molecule has 1 aliphatic rings. The maximum absolute atomic E-state index is 13.1. The van der Waals surface area contributed by atoms with Crippen molar-refractivity contribution in [2.45, 2.75) is 44.1 Å². The Kier molecular flexibility index (Phi) is 4.46. The topological polar surface area (TPSA) is 38.1 Å². The van der Waals surface area contributed by atoms with Crippen LogP contribution < -0.4 is 0 Å². The number of carbonyl (C=O) groups is 1. The van der Waals surface area contributed by atoms with Gasteiger partial charge in [0.2, 0.25) is 5.78 Å². The van der Waals surface area contributed by atoms with Gasteiger partial charge in [0.25, 0.3) is 0 Å². The summed E-state index contributed by atoms with van der Waals surface area (Å²) in [5.74, 6) is 0.200. The van der Waals surface area contributed by atoms with Gasteiger partial charge in [-0.05, 0) is 42.9 Å². The fourth-order valence-corrected chi connectivity index (χ4v) is 3.61. The average Bonchev–Trinajstić information content (AvgIpc) is 2.58. The van der Waals surface area contributed by atoms with E-state index in [0.29, 0.717) is 5.69 Å². The van der Waals surface area contributed by atoms with E-state index < -0.39 is 0 Å². The van der Waals surface area contributed by atoms with E-state index in [1.807, 2.05) is 21.1 Å². The van der Waals surface area contributed by atoms with Crippen LogP contribution in [0.1, 0.15) is 49.0 Å². The molecule has 19 heavy (non-hydrogen) atoms. The van der Waals surface area contributed by atoms with Gasteiger partial charge in [0.15, 0.2) is 0 Å². The standard InChI is InChI=1S/C14H22BrN3O/c1-17(2)14(8-6-4-5-7-9-14)13(19)12-11(15)10-16-18(12)3/h10H,4-9H2,1-3H3. The van der Waals surface area contributed by atoms with Crippen molar-refractivity contribution in [2.24, 2.45) is 7.05 Å². The smallest absolute Gasteiger partial charge is 0.202 e. The first kappa shape index (κ1) is 14.7. The van der Waals surface area contributed by atoms with Crippen LogP contribution in [-0.2, 0) is 7.05 Å². The summed E-state index contributed by atoms with van der Waals surface area (Å²) in [5.41, 5.74) is 0.322. The van der Waals surface area contributed by atoms with E-state index in [4.69, 9.17) is 0 Å². The van der Waals surface area contributed by atoms with Crippen LogP contribution in [0.5, 0.6) is 0 Å². The van der Waals surface area contributed by atoms with Crippen LogP contribution in [0.25, 0.3) is 0 Å². The molecule has 1 fully saturated rings. The Balaban J connectivity index is 2.41. The quantitative estimate of drug-likeness (QED) is 0.632. The van der Waals surface area contributed by atoms with Crippen LogP contribution in [0.3, 0.4) is 0 Å². The maximum Gasteiger partial charge on any atom is 0.202 e. The molecule has 1 saturated carbocycles. The van der Waals surface area contributed by atoms with Gasteiger partial charge in [-0.25, -0.2) is 0 Å². The Labute approximate surface area is 123 Å². The molecule has 4 nitrogen and oxygen atoms in total. The molecule has 0 aromatic carbocycles. The summed E-state index contributed by atoms with van der Waals surface area (Å²) in [4.78, 5) is 15.2. The number of halogens is 1. The van der Waals surface area contributed by atoms with Gasteiger partial charge in [0.1, 0.15) is 5.69 Å². The van der Waals surface area contributed by atoms with E-state index in [0.717, 1.165) is 30.2 Å². The summed E-state index contributed by atoms with van der Waals surface area (Å²) in [6.07, 6.45) is 8.30. The molecule has 1 aromatic heterocycles. The van der Waals surface area contributed by atoms with Gasteiger partial charge in [0.05, 0.1) is 16.2 Å². The van der Waals surface area contributed by atoms with E-state index in [-0.39, 0.29) is 11.3 Å². The summed E-state index contributed by atoms with van der Waals surface area (Å²) < 4.78 is 2.48. The molecule has 0 unspecified atom stereocenters. The summed E-state index contributed by atoms with van der Waals surface area (Å²) in [6, 6.07) is 0. The van der Waals surface area contributed by atoms with E-state index in [1.165, 1.54) is 12.8 Å². The van der Waals surface area contributed by atoms with Crippen molar-refractivity contribution in [2.75, 3.05) is 14.1 Å². The second-order valence-corrected chi connectivity index (χ2v) is 6.49. The van der Waals surface area contributed by atoms with Crippen molar-refractivity contribution in [1.82, 2.24) is 14.7 Å². The Hall–Kier alpha value is -0.680. The van der Waals surface area contributed by atoms with Crippen LogP contribution in [0, 0.1) is 0 Å². The number of aryl methyl sites for hydroxylation is 1. The highest BCUT2D eigenvalue weighted by atomic mass is 79.9. The predicted molar refractivity (Wildman–Crippen MR) is 79.4 cm³/mol. The SMILES string of the molecule is CN(C)C1(C(=O)c2c(Br)cnn2C)CCCCCC1. The number of hydrogen-bond donors (Lipinski definition) is 0. The van der Waals surface area contributed by atoms with Crippen molar-refractivity contribution in [1.29, 1.82) is 0 Å². The lowest BCUT2D eigenvalue weighted by atomic mass is 9.83. The largest absolute Gasteiger partial charge is 0.297 e. The second kappa shape index (κ2) is 5.75. The second-order valence-electron chi connectivity index (χ2n) is 5.63. The van der Waals surface area contributed by atoms with Crippen LogP contribution >= 0.6 is 15.9 Å².